The summed E-state index contributed by atoms with van der Waals surface area (Å²) in [6.45, 7) is 3.67. The third-order valence-corrected chi connectivity index (χ3v) is 2.47. The summed E-state index contributed by atoms with van der Waals surface area (Å²) in [5, 5.41) is 19.7. The van der Waals surface area contributed by atoms with E-state index in [0.29, 0.717) is 0 Å². The molecule has 1 amide bonds. The van der Waals surface area contributed by atoms with Gasteiger partial charge >= 0.3 is 11.9 Å². The average Bonchev–Trinajstić information content (AvgIpc) is 2.44. The standard InChI is InChI=1S/C14H15NO6/c1-2-7-21-11-6-4-3-5-9(11)13(18)15-10(14(19)20)8-12(16)17/h2-6,10H,1,7-8H2,(H,15,18)(H,16,17)(H,19,20). The second-order valence-corrected chi connectivity index (χ2v) is 4.06. The molecule has 112 valence electrons. The minimum atomic E-state index is -1.51. The minimum absolute atomic E-state index is 0.121. The van der Waals surface area contributed by atoms with E-state index in [4.69, 9.17) is 14.9 Å². The van der Waals surface area contributed by atoms with Crippen LogP contribution < -0.4 is 10.1 Å². The molecule has 0 fully saturated rings. The number of aliphatic carboxylic acids is 2. The summed E-state index contributed by atoms with van der Waals surface area (Å²) in [5.41, 5.74) is 0.121. The number of hydrogen-bond donors (Lipinski definition) is 3. The van der Waals surface area contributed by atoms with Gasteiger partial charge in [0.05, 0.1) is 12.0 Å². The lowest BCUT2D eigenvalue weighted by atomic mass is 10.1. The highest BCUT2D eigenvalue weighted by molar-refractivity contribution is 5.99. The number of rotatable bonds is 8. The molecule has 7 nitrogen and oxygen atoms in total. The zero-order valence-corrected chi connectivity index (χ0v) is 11.1. The SMILES string of the molecule is C=CCOc1ccccc1C(=O)NC(CC(=O)O)C(=O)O. The van der Waals surface area contributed by atoms with Gasteiger partial charge in [0.15, 0.2) is 0 Å². The topological polar surface area (TPSA) is 113 Å². The minimum Gasteiger partial charge on any atom is -0.489 e. The van der Waals surface area contributed by atoms with Crippen LogP contribution in [0.4, 0.5) is 0 Å². The fourth-order valence-corrected chi connectivity index (χ4v) is 1.54. The lowest BCUT2D eigenvalue weighted by Gasteiger charge is -2.14. The first-order valence-corrected chi connectivity index (χ1v) is 6.04. The summed E-state index contributed by atoms with van der Waals surface area (Å²) in [4.78, 5) is 33.6. The lowest BCUT2D eigenvalue weighted by molar-refractivity contribution is -0.145. The fraction of sp³-hybridized carbons (Fsp3) is 0.214. The van der Waals surface area contributed by atoms with Gasteiger partial charge in [0, 0.05) is 0 Å². The molecule has 0 heterocycles. The molecule has 0 bridgehead atoms. The molecule has 0 aliphatic rings. The van der Waals surface area contributed by atoms with Gasteiger partial charge in [-0.2, -0.15) is 0 Å². The largest absolute Gasteiger partial charge is 0.489 e. The van der Waals surface area contributed by atoms with Crippen LogP contribution in [0.5, 0.6) is 5.75 Å². The Labute approximate surface area is 120 Å². The van der Waals surface area contributed by atoms with Gasteiger partial charge in [0.1, 0.15) is 18.4 Å². The van der Waals surface area contributed by atoms with Crippen LogP contribution >= 0.6 is 0 Å². The molecular weight excluding hydrogens is 278 g/mol. The van der Waals surface area contributed by atoms with Crippen molar-refractivity contribution in [3.63, 3.8) is 0 Å². The van der Waals surface area contributed by atoms with E-state index in [1.807, 2.05) is 0 Å². The molecule has 0 aliphatic heterocycles. The van der Waals surface area contributed by atoms with Crippen molar-refractivity contribution in [3.05, 3.63) is 42.5 Å². The number of hydrogen-bond acceptors (Lipinski definition) is 4. The lowest BCUT2D eigenvalue weighted by Crippen LogP contribution is -2.42. The molecule has 1 unspecified atom stereocenters. The zero-order chi connectivity index (χ0) is 15.8. The maximum atomic E-state index is 12.1. The van der Waals surface area contributed by atoms with E-state index in [2.05, 4.69) is 11.9 Å². The van der Waals surface area contributed by atoms with Crippen molar-refractivity contribution in [3.8, 4) is 5.75 Å². The number of carbonyl (C=O) groups is 3. The highest BCUT2D eigenvalue weighted by Gasteiger charge is 2.24. The number of amides is 1. The van der Waals surface area contributed by atoms with Crippen LogP contribution in [0.1, 0.15) is 16.8 Å². The zero-order valence-electron chi connectivity index (χ0n) is 11.1. The Morgan fingerprint density at radius 1 is 1.29 bits per heavy atom. The molecule has 0 aliphatic carbocycles. The Hall–Kier alpha value is -2.83. The number of benzene rings is 1. The van der Waals surface area contributed by atoms with Crippen LogP contribution in [-0.2, 0) is 9.59 Å². The first kappa shape index (κ1) is 16.2. The number of carbonyl (C=O) groups excluding carboxylic acids is 1. The molecule has 3 N–H and O–H groups in total. The molecule has 1 atom stereocenters. The van der Waals surface area contributed by atoms with Crippen LogP contribution in [0.15, 0.2) is 36.9 Å². The van der Waals surface area contributed by atoms with Crippen molar-refractivity contribution in [1.82, 2.24) is 5.32 Å². The molecular formula is C14H15NO6. The van der Waals surface area contributed by atoms with Gasteiger partial charge in [-0.15, -0.1) is 0 Å². The molecule has 7 heteroatoms. The van der Waals surface area contributed by atoms with E-state index in [1.165, 1.54) is 12.1 Å². The van der Waals surface area contributed by atoms with Crippen molar-refractivity contribution in [1.29, 1.82) is 0 Å². The molecule has 0 spiro atoms. The molecule has 0 aromatic heterocycles. The fourth-order valence-electron chi connectivity index (χ4n) is 1.54. The summed E-state index contributed by atoms with van der Waals surface area (Å²) in [6, 6.07) is 4.73. The molecule has 0 saturated heterocycles. The Morgan fingerprint density at radius 3 is 2.52 bits per heavy atom. The smallest absolute Gasteiger partial charge is 0.326 e. The van der Waals surface area contributed by atoms with Crippen molar-refractivity contribution in [2.45, 2.75) is 12.5 Å². The van der Waals surface area contributed by atoms with Crippen LogP contribution in [-0.4, -0.2) is 40.7 Å². The quantitative estimate of drug-likeness (QED) is 0.614. The monoisotopic (exact) mass is 293 g/mol. The summed E-state index contributed by atoms with van der Waals surface area (Å²) in [6.07, 6.45) is 0.788. The number of para-hydroxylation sites is 1. The molecule has 21 heavy (non-hydrogen) atoms. The highest BCUT2D eigenvalue weighted by atomic mass is 16.5. The van der Waals surface area contributed by atoms with Crippen LogP contribution in [0, 0.1) is 0 Å². The first-order valence-electron chi connectivity index (χ1n) is 6.04. The van der Waals surface area contributed by atoms with E-state index in [-0.39, 0.29) is 17.9 Å². The van der Waals surface area contributed by atoms with Crippen molar-refractivity contribution in [2.75, 3.05) is 6.61 Å². The van der Waals surface area contributed by atoms with E-state index in [0.717, 1.165) is 0 Å². The van der Waals surface area contributed by atoms with Gasteiger partial charge in [-0.3, -0.25) is 9.59 Å². The van der Waals surface area contributed by atoms with E-state index < -0.39 is 30.3 Å². The van der Waals surface area contributed by atoms with Crippen LogP contribution in [0.25, 0.3) is 0 Å². The van der Waals surface area contributed by atoms with E-state index in [9.17, 15) is 14.4 Å². The number of nitrogens with one attached hydrogen (secondary N) is 1. The highest BCUT2D eigenvalue weighted by Crippen LogP contribution is 2.18. The third-order valence-electron chi connectivity index (χ3n) is 2.47. The molecule has 1 aromatic carbocycles. The summed E-state index contributed by atoms with van der Waals surface area (Å²) in [7, 11) is 0. The molecule has 1 rings (SSSR count). The Bertz CT molecular complexity index is 554. The predicted molar refractivity (Wildman–Crippen MR) is 73.3 cm³/mol. The number of carboxylic acids is 2. The van der Waals surface area contributed by atoms with Gasteiger partial charge in [-0.05, 0) is 12.1 Å². The van der Waals surface area contributed by atoms with Crippen molar-refractivity contribution >= 4 is 17.8 Å². The van der Waals surface area contributed by atoms with Gasteiger partial charge < -0.3 is 20.3 Å². The second kappa shape index (κ2) is 7.68. The predicted octanol–water partition coefficient (Wildman–Crippen LogP) is 0.909. The maximum Gasteiger partial charge on any atom is 0.326 e. The Kier molecular flexibility index (Phi) is 5.94. The van der Waals surface area contributed by atoms with E-state index in [1.54, 1.807) is 18.2 Å². The summed E-state index contributed by atoms with van der Waals surface area (Å²) < 4.78 is 5.29. The first-order chi connectivity index (χ1) is 9.95. The Balaban J connectivity index is 2.89. The summed E-state index contributed by atoms with van der Waals surface area (Å²) in [5.74, 6) is -3.20. The van der Waals surface area contributed by atoms with Crippen LogP contribution in [0.3, 0.4) is 0 Å². The second-order valence-electron chi connectivity index (χ2n) is 4.06. The maximum absolute atomic E-state index is 12.1. The molecule has 1 aromatic rings. The Morgan fingerprint density at radius 2 is 1.95 bits per heavy atom. The third kappa shape index (κ3) is 4.98. The van der Waals surface area contributed by atoms with Gasteiger partial charge in [-0.1, -0.05) is 24.8 Å². The molecule has 0 saturated carbocycles. The summed E-state index contributed by atoms with van der Waals surface area (Å²) >= 11 is 0. The molecule has 0 radical (unpaired) electrons. The van der Waals surface area contributed by atoms with E-state index >= 15 is 0 Å². The van der Waals surface area contributed by atoms with Crippen LogP contribution in [0.2, 0.25) is 0 Å². The average molecular weight is 293 g/mol. The van der Waals surface area contributed by atoms with Gasteiger partial charge in [-0.25, -0.2) is 4.79 Å². The number of carboxylic acid groups (broad SMARTS) is 2. The van der Waals surface area contributed by atoms with Crippen molar-refractivity contribution < 1.29 is 29.3 Å². The number of ether oxygens (including phenoxy) is 1. The van der Waals surface area contributed by atoms with Gasteiger partial charge in [0.2, 0.25) is 0 Å². The van der Waals surface area contributed by atoms with Gasteiger partial charge in [0.25, 0.3) is 5.91 Å². The van der Waals surface area contributed by atoms with Crippen molar-refractivity contribution in [2.24, 2.45) is 0 Å². The normalized spacial score (nSPS) is 11.2.